The number of aromatic nitrogens is 2. The number of benzene rings is 1. The van der Waals surface area contributed by atoms with Gasteiger partial charge in [0, 0.05) is 19.8 Å². The lowest BCUT2D eigenvalue weighted by Crippen LogP contribution is -2.16. The van der Waals surface area contributed by atoms with Gasteiger partial charge in [0.15, 0.2) is 0 Å². The minimum atomic E-state index is -0.610. The van der Waals surface area contributed by atoms with Crippen molar-refractivity contribution in [2.45, 2.75) is 0 Å². The number of hydrogen-bond donors (Lipinski definition) is 2. The molecular formula is C13H16N6O3. The quantitative estimate of drug-likeness (QED) is 0.633. The van der Waals surface area contributed by atoms with Crippen LogP contribution in [0.2, 0.25) is 0 Å². The number of anilines is 4. The Bertz CT molecular complexity index is 687. The van der Waals surface area contributed by atoms with Crippen LogP contribution >= 0.6 is 0 Å². The molecule has 0 fully saturated rings. The second kappa shape index (κ2) is 6.12. The van der Waals surface area contributed by atoms with E-state index in [4.69, 9.17) is 10.5 Å². The third-order valence-corrected chi connectivity index (χ3v) is 2.83. The van der Waals surface area contributed by atoms with E-state index in [9.17, 15) is 10.1 Å². The predicted molar refractivity (Wildman–Crippen MR) is 83.7 cm³/mol. The van der Waals surface area contributed by atoms with Crippen molar-refractivity contribution in [3.63, 3.8) is 0 Å². The summed E-state index contributed by atoms with van der Waals surface area (Å²) in [5.41, 5.74) is 5.94. The molecule has 2 rings (SSSR count). The lowest BCUT2D eigenvalue weighted by atomic mass is 10.3. The normalized spacial score (nSPS) is 10.1. The molecule has 0 saturated carbocycles. The Labute approximate surface area is 126 Å². The SMILES string of the molecule is COc1ccc(Nc2nc(N(C)C)nc(N)c2[N+](=O)[O-])cc1. The molecule has 1 heterocycles. The van der Waals surface area contributed by atoms with Crippen molar-refractivity contribution in [1.29, 1.82) is 0 Å². The van der Waals surface area contributed by atoms with E-state index < -0.39 is 4.92 Å². The summed E-state index contributed by atoms with van der Waals surface area (Å²) in [6.45, 7) is 0. The van der Waals surface area contributed by atoms with Crippen molar-refractivity contribution in [3.05, 3.63) is 34.4 Å². The fourth-order valence-electron chi connectivity index (χ4n) is 1.74. The van der Waals surface area contributed by atoms with E-state index in [0.717, 1.165) is 0 Å². The number of rotatable bonds is 5. The zero-order valence-electron chi connectivity index (χ0n) is 12.4. The predicted octanol–water partition coefficient (Wildman–Crippen LogP) is 1.79. The van der Waals surface area contributed by atoms with Gasteiger partial charge in [0.25, 0.3) is 0 Å². The lowest BCUT2D eigenvalue weighted by Gasteiger charge is -2.13. The molecule has 0 unspecified atom stereocenters. The van der Waals surface area contributed by atoms with Gasteiger partial charge in [-0.25, -0.2) is 0 Å². The highest BCUT2D eigenvalue weighted by atomic mass is 16.6. The average Bonchev–Trinajstić information content (AvgIpc) is 2.47. The van der Waals surface area contributed by atoms with Crippen molar-refractivity contribution >= 4 is 29.0 Å². The van der Waals surface area contributed by atoms with Gasteiger partial charge in [0.2, 0.25) is 17.6 Å². The molecule has 2 aromatic rings. The van der Waals surface area contributed by atoms with E-state index in [-0.39, 0.29) is 23.3 Å². The van der Waals surface area contributed by atoms with Gasteiger partial charge in [-0.3, -0.25) is 10.1 Å². The second-order valence-corrected chi connectivity index (χ2v) is 4.61. The Hall–Kier alpha value is -3.10. The number of nitrogens with one attached hydrogen (secondary N) is 1. The molecular weight excluding hydrogens is 288 g/mol. The van der Waals surface area contributed by atoms with E-state index in [2.05, 4.69) is 15.3 Å². The van der Waals surface area contributed by atoms with E-state index >= 15 is 0 Å². The summed E-state index contributed by atoms with van der Waals surface area (Å²) in [5.74, 6) is 0.793. The standard InChI is InChI=1S/C13H16N6O3/c1-18(2)13-16-11(14)10(19(20)21)12(17-13)15-8-4-6-9(22-3)7-5-8/h4-7H,1-3H3,(H3,14,15,16,17). The number of nitrogens with two attached hydrogens (primary N) is 1. The van der Waals surface area contributed by atoms with Crippen LogP contribution < -0.4 is 20.7 Å². The van der Waals surface area contributed by atoms with Crippen molar-refractivity contribution in [3.8, 4) is 5.75 Å². The molecule has 0 aliphatic carbocycles. The molecule has 3 N–H and O–H groups in total. The first-order chi connectivity index (χ1) is 10.4. The molecule has 22 heavy (non-hydrogen) atoms. The van der Waals surface area contributed by atoms with Gasteiger partial charge in [0.05, 0.1) is 12.0 Å². The Morgan fingerprint density at radius 3 is 2.41 bits per heavy atom. The maximum absolute atomic E-state index is 11.2. The summed E-state index contributed by atoms with van der Waals surface area (Å²) < 4.78 is 5.06. The number of hydrogen-bond acceptors (Lipinski definition) is 8. The highest BCUT2D eigenvalue weighted by Gasteiger charge is 2.23. The van der Waals surface area contributed by atoms with E-state index in [0.29, 0.717) is 11.4 Å². The van der Waals surface area contributed by atoms with Crippen molar-refractivity contribution in [2.24, 2.45) is 0 Å². The van der Waals surface area contributed by atoms with Gasteiger partial charge in [-0.2, -0.15) is 9.97 Å². The van der Waals surface area contributed by atoms with Crippen molar-refractivity contribution in [1.82, 2.24) is 9.97 Å². The number of ether oxygens (including phenoxy) is 1. The minimum absolute atomic E-state index is 0.0337. The van der Waals surface area contributed by atoms with Crippen molar-refractivity contribution < 1.29 is 9.66 Å². The molecule has 0 amide bonds. The maximum atomic E-state index is 11.2. The van der Waals surface area contributed by atoms with E-state index in [1.54, 1.807) is 50.4 Å². The number of nitro groups is 1. The summed E-state index contributed by atoms with van der Waals surface area (Å²) >= 11 is 0. The average molecular weight is 304 g/mol. The third kappa shape index (κ3) is 3.14. The Morgan fingerprint density at radius 1 is 1.27 bits per heavy atom. The molecule has 0 spiro atoms. The minimum Gasteiger partial charge on any atom is -0.497 e. The van der Waals surface area contributed by atoms with E-state index in [1.165, 1.54) is 0 Å². The Balaban J connectivity index is 2.44. The fourth-order valence-corrected chi connectivity index (χ4v) is 1.74. The Kier molecular flexibility index (Phi) is 4.25. The van der Waals surface area contributed by atoms with Gasteiger partial charge in [0.1, 0.15) is 5.75 Å². The molecule has 1 aromatic heterocycles. The highest BCUT2D eigenvalue weighted by Crippen LogP contribution is 2.32. The molecule has 0 radical (unpaired) electrons. The monoisotopic (exact) mass is 304 g/mol. The van der Waals surface area contributed by atoms with Crippen LogP contribution in [0.25, 0.3) is 0 Å². The van der Waals surface area contributed by atoms with Crippen LogP contribution in [0.1, 0.15) is 0 Å². The molecule has 0 aliphatic rings. The fraction of sp³-hybridized carbons (Fsp3) is 0.231. The van der Waals surface area contributed by atoms with Gasteiger partial charge >= 0.3 is 5.69 Å². The first-order valence-corrected chi connectivity index (χ1v) is 6.32. The second-order valence-electron chi connectivity index (χ2n) is 4.61. The Morgan fingerprint density at radius 2 is 1.91 bits per heavy atom. The molecule has 0 saturated heterocycles. The molecule has 0 atom stereocenters. The molecule has 0 bridgehead atoms. The molecule has 9 heteroatoms. The summed E-state index contributed by atoms with van der Waals surface area (Å²) in [4.78, 5) is 20.2. The third-order valence-electron chi connectivity index (χ3n) is 2.83. The summed E-state index contributed by atoms with van der Waals surface area (Å²) in [6, 6.07) is 6.89. The van der Waals surface area contributed by atoms with Crippen molar-refractivity contribution in [2.75, 3.05) is 37.2 Å². The number of nitrogens with zero attached hydrogens (tertiary/aromatic N) is 4. The van der Waals surface area contributed by atoms with Gasteiger partial charge in [-0.05, 0) is 24.3 Å². The largest absolute Gasteiger partial charge is 0.497 e. The van der Waals surface area contributed by atoms with Gasteiger partial charge in [-0.15, -0.1) is 0 Å². The highest BCUT2D eigenvalue weighted by molar-refractivity contribution is 5.74. The number of methoxy groups -OCH3 is 1. The smallest absolute Gasteiger partial charge is 0.353 e. The lowest BCUT2D eigenvalue weighted by molar-refractivity contribution is -0.383. The van der Waals surface area contributed by atoms with Crippen LogP contribution in [0.15, 0.2) is 24.3 Å². The molecule has 116 valence electrons. The summed E-state index contributed by atoms with van der Waals surface area (Å²) in [5, 5.41) is 14.1. The molecule has 0 aliphatic heterocycles. The zero-order chi connectivity index (χ0) is 16.3. The summed E-state index contributed by atoms with van der Waals surface area (Å²) in [7, 11) is 5.00. The number of nitrogen functional groups attached to an aromatic ring is 1. The zero-order valence-corrected chi connectivity index (χ0v) is 12.4. The maximum Gasteiger partial charge on any atom is 0.353 e. The van der Waals surface area contributed by atoms with E-state index in [1.807, 2.05) is 0 Å². The van der Waals surface area contributed by atoms with Gasteiger partial charge < -0.3 is 20.7 Å². The first-order valence-electron chi connectivity index (χ1n) is 6.32. The topological polar surface area (TPSA) is 119 Å². The van der Waals surface area contributed by atoms with Crippen LogP contribution in [0, 0.1) is 10.1 Å². The van der Waals surface area contributed by atoms with Crippen LogP contribution in [0.4, 0.5) is 29.0 Å². The van der Waals surface area contributed by atoms with Crippen LogP contribution in [0.5, 0.6) is 5.75 Å². The van der Waals surface area contributed by atoms with Crippen LogP contribution in [-0.4, -0.2) is 36.1 Å². The first kappa shape index (κ1) is 15.3. The summed E-state index contributed by atoms with van der Waals surface area (Å²) in [6.07, 6.45) is 0. The van der Waals surface area contributed by atoms with Crippen LogP contribution in [0.3, 0.4) is 0 Å². The van der Waals surface area contributed by atoms with Gasteiger partial charge in [-0.1, -0.05) is 0 Å². The molecule has 9 nitrogen and oxygen atoms in total. The molecule has 1 aromatic carbocycles. The van der Waals surface area contributed by atoms with Crippen LogP contribution in [-0.2, 0) is 0 Å².